The van der Waals surface area contributed by atoms with Crippen LogP contribution in [0.25, 0.3) is 0 Å². The number of benzene rings is 2. The zero-order chi connectivity index (χ0) is 17.6. The smallest absolute Gasteiger partial charge is 0.258 e. The third-order valence-electron chi connectivity index (χ3n) is 3.99. The fraction of sp³-hybridized carbons (Fsp3) is 0.300. The van der Waals surface area contributed by atoms with Gasteiger partial charge in [-0.2, -0.15) is 0 Å². The Balaban J connectivity index is 1.45. The minimum atomic E-state index is -0.186. The van der Waals surface area contributed by atoms with E-state index in [1.54, 1.807) is 0 Å². The van der Waals surface area contributed by atoms with Crippen LogP contribution < -0.4 is 15.4 Å². The molecule has 5 heteroatoms. The van der Waals surface area contributed by atoms with E-state index in [0.29, 0.717) is 12.3 Å². The third-order valence-corrected chi connectivity index (χ3v) is 3.99. The number of aryl methyl sites for hydroxylation is 1. The van der Waals surface area contributed by atoms with Crippen molar-refractivity contribution in [3.8, 4) is 5.75 Å². The van der Waals surface area contributed by atoms with Crippen LogP contribution in [-0.2, 0) is 16.1 Å². The molecule has 0 radical (unpaired) electrons. The quantitative estimate of drug-likeness (QED) is 0.815. The van der Waals surface area contributed by atoms with Gasteiger partial charge in [0.15, 0.2) is 6.61 Å². The van der Waals surface area contributed by atoms with Gasteiger partial charge in [-0.05, 0) is 55.2 Å². The summed E-state index contributed by atoms with van der Waals surface area (Å²) in [5.74, 6) is 0.740. The SMILES string of the molecule is Cc1cccc(OCC(=O)NCc2cccc(NC(=O)C3CC3)c2)c1. The highest BCUT2D eigenvalue weighted by atomic mass is 16.5. The van der Waals surface area contributed by atoms with E-state index >= 15 is 0 Å². The molecule has 0 heterocycles. The molecule has 5 nitrogen and oxygen atoms in total. The van der Waals surface area contributed by atoms with Crippen LogP contribution >= 0.6 is 0 Å². The Morgan fingerprint density at radius 1 is 1.12 bits per heavy atom. The fourth-order valence-corrected chi connectivity index (χ4v) is 2.45. The van der Waals surface area contributed by atoms with E-state index < -0.39 is 0 Å². The van der Waals surface area contributed by atoms with Crippen molar-refractivity contribution in [1.29, 1.82) is 0 Å². The van der Waals surface area contributed by atoms with Crippen molar-refractivity contribution < 1.29 is 14.3 Å². The average Bonchev–Trinajstić information content (AvgIpc) is 3.44. The van der Waals surface area contributed by atoms with Crippen molar-refractivity contribution in [3.05, 3.63) is 59.7 Å². The van der Waals surface area contributed by atoms with E-state index in [1.165, 1.54) is 0 Å². The first kappa shape index (κ1) is 17.0. The summed E-state index contributed by atoms with van der Waals surface area (Å²) in [6.07, 6.45) is 1.95. The molecular formula is C20H22N2O3. The molecular weight excluding hydrogens is 316 g/mol. The first-order valence-corrected chi connectivity index (χ1v) is 8.46. The summed E-state index contributed by atoms with van der Waals surface area (Å²) in [7, 11) is 0. The lowest BCUT2D eigenvalue weighted by Crippen LogP contribution is -2.28. The van der Waals surface area contributed by atoms with Crippen LogP contribution in [0.5, 0.6) is 5.75 Å². The lowest BCUT2D eigenvalue weighted by Gasteiger charge is -2.09. The van der Waals surface area contributed by atoms with Crippen molar-refractivity contribution in [2.45, 2.75) is 26.3 Å². The number of rotatable bonds is 7. The van der Waals surface area contributed by atoms with Gasteiger partial charge in [0.25, 0.3) is 5.91 Å². The molecule has 0 aliphatic heterocycles. The topological polar surface area (TPSA) is 67.4 Å². The summed E-state index contributed by atoms with van der Waals surface area (Å²) < 4.78 is 5.48. The van der Waals surface area contributed by atoms with Gasteiger partial charge < -0.3 is 15.4 Å². The summed E-state index contributed by atoms with van der Waals surface area (Å²) in [6.45, 7) is 2.34. The van der Waals surface area contributed by atoms with Crippen LogP contribution in [0, 0.1) is 12.8 Å². The molecule has 2 aromatic rings. The highest BCUT2D eigenvalue weighted by Gasteiger charge is 2.29. The van der Waals surface area contributed by atoms with Crippen LogP contribution in [0.2, 0.25) is 0 Å². The molecule has 130 valence electrons. The summed E-state index contributed by atoms with van der Waals surface area (Å²) in [4.78, 5) is 23.7. The number of hydrogen-bond donors (Lipinski definition) is 2. The maximum absolute atomic E-state index is 11.9. The lowest BCUT2D eigenvalue weighted by atomic mass is 10.2. The predicted octanol–water partition coefficient (Wildman–Crippen LogP) is 3.04. The molecule has 3 rings (SSSR count). The molecule has 2 aromatic carbocycles. The van der Waals surface area contributed by atoms with Crippen LogP contribution in [-0.4, -0.2) is 18.4 Å². The Hall–Kier alpha value is -2.82. The van der Waals surface area contributed by atoms with Gasteiger partial charge in [0.1, 0.15) is 5.75 Å². The van der Waals surface area contributed by atoms with E-state index in [1.807, 2.05) is 55.5 Å². The standard InChI is InChI=1S/C20H22N2O3/c1-14-4-2-7-18(10-14)25-13-19(23)21-12-15-5-3-6-17(11-15)22-20(24)16-8-9-16/h2-7,10-11,16H,8-9,12-13H2,1H3,(H,21,23)(H,22,24). The van der Waals surface area contributed by atoms with Crippen molar-refractivity contribution in [2.75, 3.05) is 11.9 Å². The van der Waals surface area contributed by atoms with E-state index in [2.05, 4.69) is 10.6 Å². The molecule has 0 spiro atoms. The highest BCUT2D eigenvalue weighted by molar-refractivity contribution is 5.94. The molecule has 0 aromatic heterocycles. The van der Waals surface area contributed by atoms with Gasteiger partial charge in [0, 0.05) is 18.2 Å². The number of hydrogen-bond acceptors (Lipinski definition) is 3. The van der Waals surface area contributed by atoms with Crippen LogP contribution in [0.4, 0.5) is 5.69 Å². The fourth-order valence-electron chi connectivity index (χ4n) is 2.45. The number of carbonyl (C=O) groups excluding carboxylic acids is 2. The minimum Gasteiger partial charge on any atom is -0.484 e. The lowest BCUT2D eigenvalue weighted by molar-refractivity contribution is -0.123. The number of nitrogens with one attached hydrogen (secondary N) is 2. The van der Waals surface area contributed by atoms with Gasteiger partial charge in [-0.1, -0.05) is 24.3 Å². The third kappa shape index (κ3) is 5.35. The molecule has 0 unspecified atom stereocenters. The van der Waals surface area contributed by atoms with Crippen LogP contribution in [0.15, 0.2) is 48.5 Å². The van der Waals surface area contributed by atoms with Crippen molar-refractivity contribution in [3.63, 3.8) is 0 Å². The monoisotopic (exact) mass is 338 g/mol. The first-order chi connectivity index (χ1) is 12.1. The molecule has 1 fully saturated rings. The molecule has 0 saturated heterocycles. The first-order valence-electron chi connectivity index (χ1n) is 8.46. The van der Waals surface area contributed by atoms with Gasteiger partial charge in [0.2, 0.25) is 5.91 Å². The Morgan fingerprint density at radius 3 is 2.68 bits per heavy atom. The predicted molar refractivity (Wildman–Crippen MR) is 96.3 cm³/mol. The molecule has 0 atom stereocenters. The summed E-state index contributed by atoms with van der Waals surface area (Å²) in [5, 5.41) is 5.73. The Bertz CT molecular complexity index is 769. The van der Waals surface area contributed by atoms with Crippen LogP contribution in [0.1, 0.15) is 24.0 Å². The van der Waals surface area contributed by atoms with Crippen LogP contribution in [0.3, 0.4) is 0 Å². The average molecular weight is 338 g/mol. The van der Waals surface area contributed by atoms with E-state index in [9.17, 15) is 9.59 Å². The van der Waals surface area contributed by atoms with Gasteiger partial charge in [-0.3, -0.25) is 9.59 Å². The zero-order valence-corrected chi connectivity index (χ0v) is 14.2. The highest BCUT2D eigenvalue weighted by Crippen LogP contribution is 2.30. The van der Waals surface area contributed by atoms with Crippen molar-refractivity contribution >= 4 is 17.5 Å². The summed E-state index contributed by atoms with van der Waals surface area (Å²) in [6, 6.07) is 15.1. The number of amides is 2. The van der Waals surface area contributed by atoms with E-state index in [-0.39, 0.29) is 24.3 Å². The minimum absolute atomic E-state index is 0.0262. The molecule has 1 aliphatic carbocycles. The van der Waals surface area contributed by atoms with Gasteiger partial charge >= 0.3 is 0 Å². The molecule has 0 bridgehead atoms. The zero-order valence-electron chi connectivity index (χ0n) is 14.2. The summed E-state index contributed by atoms with van der Waals surface area (Å²) >= 11 is 0. The number of carbonyl (C=O) groups is 2. The number of anilines is 1. The maximum Gasteiger partial charge on any atom is 0.258 e. The van der Waals surface area contributed by atoms with Crippen molar-refractivity contribution in [2.24, 2.45) is 5.92 Å². The Morgan fingerprint density at radius 2 is 1.92 bits per heavy atom. The van der Waals surface area contributed by atoms with Gasteiger partial charge in [-0.15, -0.1) is 0 Å². The van der Waals surface area contributed by atoms with Gasteiger partial charge in [-0.25, -0.2) is 0 Å². The van der Waals surface area contributed by atoms with E-state index in [0.717, 1.165) is 29.7 Å². The second-order valence-corrected chi connectivity index (χ2v) is 6.35. The molecule has 25 heavy (non-hydrogen) atoms. The molecule has 1 saturated carbocycles. The van der Waals surface area contributed by atoms with Crippen molar-refractivity contribution in [1.82, 2.24) is 5.32 Å². The largest absolute Gasteiger partial charge is 0.484 e. The summed E-state index contributed by atoms with van der Waals surface area (Å²) in [5.41, 5.74) is 2.78. The van der Waals surface area contributed by atoms with E-state index in [4.69, 9.17) is 4.74 Å². The molecule has 1 aliphatic rings. The normalized spacial score (nSPS) is 13.2. The van der Waals surface area contributed by atoms with Gasteiger partial charge in [0.05, 0.1) is 0 Å². The molecule has 2 N–H and O–H groups in total. The second kappa shape index (κ2) is 7.83. The molecule has 2 amide bonds. The Labute approximate surface area is 147 Å². The maximum atomic E-state index is 11.9. The Kier molecular flexibility index (Phi) is 5.33. The second-order valence-electron chi connectivity index (χ2n) is 6.35. The number of ether oxygens (including phenoxy) is 1.